The van der Waals surface area contributed by atoms with Crippen molar-refractivity contribution in [2.75, 3.05) is 38.5 Å². The number of anilines is 1. The lowest BCUT2D eigenvalue weighted by Gasteiger charge is -2.36. The summed E-state index contributed by atoms with van der Waals surface area (Å²) in [5, 5.41) is 14.3. The predicted molar refractivity (Wildman–Crippen MR) is 144 cm³/mol. The molecule has 5 N–H and O–H groups in total. The fourth-order valence-corrected chi connectivity index (χ4v) is 4.98. The van der Waals surface area contributed by atoms with Crippen LogP contribution in [0.5, 0.6) is 0 Å². The van der Waals surface area contributed by atoms with E-state index in [1.807, 2.05) is 14.0 Å². The molecule has 1 aromatic carbocycles. The molecule has 3 rings (SSSR count). The van der Waals surface area contributed by atoms with Gasteiger partial charge >= 0.3 is 6.18 Å². The van der Waals surface area contributed by atoms with E-state index in [4.69, 9.17) is 9.90 Å². The standard InChI is InChI=1S/C26H40FN5O3.C2HF3O2/c1-4-22(33)30-24(26(35)32-14-12-31(3)13-15-32)17(2)19-10-11-21(20(27)16-19)29-25(34)23(28)18-8-6-5-7-9-18;3-2(4,5)1(6)7/h10-11,16-18,23-24H,4-9,12-15,28H2,1-3H3,(H,29,34)(H,30,33);(H,6,7)/t17-,23-,24+;/m0./s1. The number of aliphatic carboxylic acids is 1. The fraction of sp³-hybridized carbons (Fsp3) is 0.643. The molecular weight excluding hydrogens is 562 g/mol. The summed E-state index contributed by atoms with van der Waals surface area (Å²) in [5.74, 6) is -4.43. The van der Waals surface area contributed by atoms with Crippen LogP contribution in [-0.4, -0.2) is 85.0 Å². The summed E-state index contributed by atoms with van der Waals surface area (Å²) in [7, 11) is 2.01. The van der Waals surface area contributed by atoms with Crippen molar-refractivity contribution in [2.24, 2.45) is 5.92 Å². The maximum Gasteiger partial charge on any atom is 0.430 e. The van der Waals surface area contributed by atoms with Crippen LogP contribution in [0.1, 0.15) is 63.9 Å². The van der Waals surface area contributed by atoms with E-state index in [0.29, 0.717) is 18.7 Å². The molecule has 14 heteroatoms. The first-order chi connectivity index (χ1) is 19.6. The number of benzene rings is 1. The molecule has 1 aromatic rings. The zero-order valence-electron chi connectivity index (χ0n) is 24.3. The quantitative estimate of drug-likeness (QED) is 0.378. The largest absolute Gasteiger partial charge is 0.542 e. The fourth-order valence-electron chi connectivity index (χ4n) is 4.98. The Bertz CT molecular complexity index is 1090. The molecular formula is C28H41F4N5O5. The molecule has 2 aliphatic rings. The number of carbonyl (C=O) groups excluding carboxylic acids is 4. The summed E-state index contributed by atoms with van der Waals surface area (Å²) in [5.41, 5.74) is 4.73. The third-order valence-corrected chi connectivity index (χ3v) is 7.78. The number of carboxylic acid groups (broad SMARTS) is 1. The van der Waals surface area contributed by atoms with Gasteiger partial charge in [-0.3, -0.25) is 14.4 Å². The van der Waals surface area contributed by atoms with Crippen LogP contribution in [0, 0.1) is 11.7 Å². The normalized spacial score (nSPS) is 18.6. The first kappa shape index (κ1) is 34.9. The van der Waals surface area contributed by atoms with Gasteiger partial charge in [0.15, 0.2) is 6.04 Å². The van der Waals surface area contributed by atoms with Crippen LogP contribution in [0.15, 0.2) is 18.2 Å². The van der Waals surface area contributed by atoms with Gasteiger partial charge in [-0.2, -0.15) is 13.2 Å². The molecule has 3 amide bonds. The minimum absolute atomic E-state index is 0.106. The van der Waals surface area contributed by atoms with Gasteiger partial charge in [0.1, 0.15) is 17.8 Å². The van der Waals surface area contributed by atoms with Gasteiger partial charge in [0.2, 0.25) is 11.8 Å². The van der Waals surface area contributed by atoms with Crippen molar-refractivity contribution >= 4 is 29.4 Å². The first-order valence-corrected chi connectivity index (χ1v) is 14.1. The summed E-state index contributed by atoms with van der Waals surface area (Å²) < 4.78 is 46.6. The SMILES string of the molecule is CCC(=O)N[C@@H](C(=O)N1CCN(C)CC1)[C@@H](C)c1ccc(NC(=O)[C@@H]([NH3+])C2CCCCC2)c(F)c1.O=C([O-])C(F)(F)F. The number of likely N-dealkylation sites (N-methyl/N-ethyl adjacent to an activating group) is 1. The zero-order valence-corrected chi connectivity index (χ0v) is 24.3. The Morgan fingerprint density at radius 3 is 2.14 bits per heavy atom. The zero-order chi connectivity index (χ0) is 31.6. The monoisotopic (exact) mass is 603 g/mol. The molecule has 42 heavy (non-hydrogen) atoms. The van der Waals surface area contributed by atoms with Crippen LogP contribution in [-0.2, 0) is 19.2 Å². The number of piperazine rings is 1. The Kier molecular flexibility index (Phi) is 13.2. The third kappa shape index (κ3) is 10.2. The Morgan fingerprint density at radius 2 is 1.64 bits per heavy atom. The highest BCUT2D eigenvalue weighted by atomic mass is 19.4. The Morgan fingerprint density at radius 1 is 1.07 bits per heavy atom. The van der Waals surface area contributed by atoms with Crippen molar-refractivity contribution < 1.29 is 47.6 Å². The number of rotatable bonds is 8. The molecule has 236 valence electrons. The average molecular weight is 604 g/mol. The second-order valence-corrected chi connectivity index (χ2v) is 10.8. The summed E-state index contributed by atoms with van der Waals surface area (Å²) >= 11 is 0. The minimum atomic E-state index is -5.19. The summed E-state index contributed by atoms with van der Waals surface area (Å²) in [6, 6.07) is 3.39. The van der Waals surface area contributed by atoms with Crippen molar-refractivity contribution in [3.63, 3.8) is 0 Å². The predicted octanol–water partition coefficient (Wildman–Crippen LogP) is 1.03. The van der Waals surface area contributed by atoms with Crippen LogP contribution < -0.4 is 21.5 Å². The van der Waals surface area contributed by atoms with E-state index in [-0.39, 0.29) is 35.7 Å². The van der Waals surface area contributed by atoms with E-state index in [2.05, 4.69) is 21.3 Å². The van der Waals surface area contributed by atoms with Crippen LogP contribution >= 0.6 is 0 Å². The summed E-state index contributed by atoms with van der Waals surface area (Å²) in [4.78, 5) is 50.9. The van der Waals surface area contributed by atoms with Crippen LogP contribution in [0.2, 0.25) is 0 Å². The summed E-state index contributed by atoms with van der Waals surface area (Å²) in [6.07, 6.45) is 0.419. The molecule has 0 aromatic heterocycles. The van der Waals surface area contributed by atoms with Gasteiger partial charge in [0, 0.05) is 44.4 Å². The van der Waals surface area contributed by atoms with Gasteiger partial charge in [-0.05, 0) is 37.6 Å². The average Bonchev–Trinajstić information content (AvgIpc) is 2.96. The minimum Gasteiger partial charge on any atom is -0.542 e. The van der Waals surface area contributed by atoms with Crippen molar-refractivity contribution in [1.29, 1.82) is 0 Å². The number of nitrogens with one attached hydrogen (secondary N) is 2. The van der Waals surface area contributed by atoms with Crippen molar-refractivity contribution in [1.82, 2.24) is 15.1 Å². The smallest absolute Gasteiger partial charge is 0.430 e. The van der Waals surface area contributed by atoms with Crippen molar-refractivity contribution in [2.45, 2.75) is 76.6 Å². The van der Waals surface area contributed by atoms with E-state index < -0.39 is 36.0 Å². The van der Waals surface area contributed by atoms with E-state index in [1.54, 1.807) is 17.9 Å². The molecule has 3 atom stereocenters. The Labute approximate surface area is 243 Å². The van der Waals surface area contributed by atoms with Gasteiger partial charge in [-0.1, -0.05) is 39.2 Å². The molecule has 2 fully saturated rings. The van der Waals surface area contributed by atoms with Gasteiger partial charge in [0.05, 0.1) is 5.69 Å². The third-order valence-electron chi connectivity index (χ3n) is 7.78. The van der Waals surface area contributed by atoms with Crippen molar-refractivity contribution in [3.8, 4) is 0 Å². The highest BCUT2D eigenvalue weighted by molar-refractivity contribution is 5.94. The molecule has 0 radical (unpaired) electrons. The number of hydrogen-bond donors (Lipinski definition) is 3. The van der Waals surface area contributed by atoms with Crippen LogP contribution in [0.3, 0.4) is 0 Å². The first-order valence-electron chi connectivity index (χ1n) is 14.1. The van der Waals surface area contributed by atoms with E-state index >= 15 is 4.39 Å². The molecule has 0 bridgehead atoms. The number of quaternary nitrogens is 1. The lowest BCUT2D eigenvalue weighted by atomic mass is 9.84. The molecule has 1 saturated carbocycles. The molecule has 1 aliphatic carbocycles. The van der Waals surface area contributed by atoms with Gasteiger partial charge in [-0.25, -0.2) is 4.39 Å². The second-order valence-electron chi connectivity index (χ2n) is 10.8. The van der Waals surface area contributed by atoms with E-state index in [9.17, 15) is 27.6 Å². The number of amides is 3. The number of halogens is 4. The van der Waals surface area contributed by atoms with Crippen LogP contribution in [0.4, 0.5) is 23.2 Å². The van der Waals surface area contributed by atoms with Gasteiger partial charge in [-0.15, -0.1) is 0 Å². The van der Waals surface area contributed by atoms with Crippen LogP contribution in [0.25, 0.3) is 0 Å². The number of nitrogens with zero attached hydrogens (tertiary/aromatic N) is 2. The number of alkyl halides is 3. The van der Waals surface area contributed by atoms with Gasteiger partial charge in [0.25, 0.3) is 5.91 Å². The maximum atomic E-state index is 15.0. The van der Waals surface area contributed by atoms with E-state index in [0.717, 1.165) is 38.8 Å². The maximum absolute atomic E-state index is 15.0. The van der Waals surface area contributed by atoms with E-state index in [1.165, 1.54) is 18.6 Å². The molecule has 1 saturated heterocycles. The second kappa shape index (κ2) is 15.8. The number of carbonyl (C=O) groups is 4. The molecule has 1 aliphatic heterocycles. The topological polar surface area (TPSA) is 150 Å². The molecule has 1 heterocycles. The molecule has 10 nitrogen and oxygen atoms in total. The molecule has 0 spiro atoms. The summed E-state index contributed by atoms with van der Waals surface area (Å²) in [6.45, 7) is 6.27. The lowest BCUT2D eigenvalue weighted by molar-refractivity contribution is -0.416. The Balaban J connectivity index is 0.000000782. The van der Waals surface area contributed by atoms with Gasteiger partial charge < -0.3 is 36.1 Å². The number of hydrogen-bond acceptors (Lipinski definition) is 6. The van der Waals surface area contributed by atoms with Crippen molar-refractivity contribution in [3.05, 3.63) is 29.6 Å². The highest BCUT2D eigenvalue weighted by Crippen LogP contribution is 2.28. The number of carboxylic acids is 1. The molecule has 0 unspecified atom stereocenters. The Hall–Kier alpha value is -3.26. The highest BCUT2D eigenvalue weighted by Gasteiger charge is 2.34. The lowest BCUT2D eigenvalue weighted by Crippen LogP contribution is -2.69.